The molecule has 0 amide bonds. The number of fused-ring (bicyclic) bond motifs is 1. The molecule has 2 aromatic rings. The van der Waals surface area contributed by atoms with Crippen molar-refractivity contribution in [3.8, 4) is 0 Å². The normalized spacial score (nSPS) is 21.2. The van der Waals surface area contributed by atoms with Crippen LogP contribution in [-0.2, 0) is 0 Å². The summed E-state index contributed by atoms with van der Waals surface area (Å²) in [5, 5.41) is 6.41. The van der Waals surface area contributed by atoms with Gasteiger partial charge in [-0.25, -0.2) is 0 Å². The maximum absolute atomic E-state index is 3.76. The monoisotopic (exact) mass is 254 g/mol. The summed E-state index contributed by atoms with van der Waals surface area (Å²) in [6.07, 6.45) is 3.80. The summed E-state index contributed by atoms with van der Waals surface area (Å²) in [4.78, 5) is 2.44. The van der Waals surface area contributed by atoms with Gasteiger partial charge in [-0.1, -0.05) is 36.4 Å². The molecule has 1 heterocycles. The Morgan fingerprint density at radius 3 is 2.79 bits per heavy atom. The lowest BCUT2D eigenvalue weighted by Gasteiger charge is -2.19. The quantitative estimate of drug-likeness (QED) is 0.878. The highest BCUT2D eigenvalue weighted by Crippen LogP contribution is 2.25. The van der Waals surface area contributed by atoms with E-state index in [1.54, 1.807) is 0 Å². The van der Waals surface area contributed by atoms with E-state index in [0.29, 0.717) is 6.04 Å². The number of likely N-dealkylation sites (tertiary alicyclic amines) is 1. The van der Waals surface area contributed by atoms with Crippen LogP contribution in [0.5, 0.6) is 0 Å². The Morgan fingerprint density at radius 2 is 1.84 bits per heavy atom. The van der Waals surface area contributed by atoms with E-state index in [1.165, 1.54) is 48.8 Å². The molecule has 2 aromatic carbocycles. The summed E-state index contributed by atoms with van der Waals surface area (Å²) in [5.74, 6) is 0. The summed E-state index contributed by atoms with van der Waals surface area (Å²) in [5.41, 5.74) is 1.28. The molecule has 0 spiro atoms. The predicted octanol–water partition coefficient (Wildman–Crippen LogP) is 3.74. The summed E-state index contributed by atoms with van der Waals surface area (Å²) in [6, 6.07) is 15.8. The number of hydrogen-bond acceptors (Lipinski definition) is 2. The summed E-state index contributed by atoms with van der Waals surface area (Å²) in [7, 11) is 2.22. The second kappa shape index (κ2) is 5.62. The first-order valence-electron chi connectivity index (χ1n) is 7.26. The Hall–Kier alpha value is -1.54. The molecule has 0 radical (unpaired) electrons. The molecule has 1 N–H and O–H groups in total. The van der Waals surface area contributed by atoms with E-state index in [1.807, 2.05) is 0 Å². The second-order valence-corrected chi connectivity index (χ2v) is 5.60. The highest BCUT2D eigenvalue weighted by molar-refractivity contribution is 5.93. The lowest BCUT2D eigenvalue weighted by Crippen LogP contribution is -2.23. The van der Waals surface area contributed by atoms with Crippen molar-refractivity contribution in [2.75, 3.05) is 25.5 Å². The number of nitrogens with one attached hydrogen (secondary N) is 1. The molecule has 0 aromatic heterocycles. The number of anilines is 1. The van der Waals surface area contributed by atoms with E-state index in [4.69, 9.17) is 0 Å². The van der Waals surface area contributed by atoms with Crippen molar-refractivity contribution in [1.29, 1.82) is 0 Å². The van der Waals surface area contributed by atoms with E-state index < -0.39 is 0 Å². The van der Waals surface area contributed by atoms with Crippen molar-refractivity contribution in [3.63, 3.8) is 0 Å². The molecule has 1 unspecified atom stereocenters. The lowest BCUT2D eigenvalue weighted by molar-refractivity contribution is 0.348. The highest BCUT2D eigenvalue weighted by atomic mass is 15.1. The van der Waals surface area contributed by atoms with E-state index in [2.05, 4.69) is 59.7 Å². The second-order valence-electron chi connectivity index (χ2n) is 5.60. The Kier molecular flexibility index (Phi) is 3.69. The molecule has 1 atom stereocenters. The van der Waals surface area contributed by atoms with Gasteiger partial charge in [0.1, 0.15) is 0 Å². The van der Waals surface area contributed by atoms with Gasteiger partial charge in [0.2, 0.25) is 0 Å². The maximum atomic E-state index is 3.76. The fourth-order valence-corrected chi connectivity index (χ4v) is 2.96. The van der Waals surface area contributed by atoms with Crippen LogP contribution in [0.2, 0.25) is 0 Å². The average molecular weight is 254 g/mol. The third-order valence-electron chi connectivity index (χ3n) is 4.10. The van der Waals surface area contributed by atoms with Crippen LogP contribution in [0.15, 0.2) is 42.5 Å². The minimum Gasteiger partial charge on any atom is -0.382 e. The van der Waals surface area contributed by atoms with Crippen molar-refractivity contribution < 1.29 is 0 Å². The van der Waals surface area contributed by atoms with Gasteiger partial charge in [-0.2, -0.15) is 0 Å². The third-order valence-corrected chi connectivity index (χ3v) is 4.10. The van der Waals surface area contributed by atoms with Crippen LogP contribution in [0.3, 0.4) is 0 Å². The molecule has 100 valence electrons. The van der Waals surface area contributed by atoms with E-state index in [0.717, 1.165) is 0 Å². The molecule has 0 bridgehead atoms. The van der Waals surface area contributed by atoms with E-state index in [9.17, 15) is 0 Å². The topological polar surface area (TPSA) is 15.3 Å². The molecule has 2 heteroatoms. The number of benzene rings is 2. The van der Waals surface area contributed by atoms with Crippen LogP contribution in [0.1, 0.15) is 19.3 Å². The fraction of sp³-hybridized carbons (Fsp3) is 0.412. The average Bonchev–Trinajstić information content (AvgIpc) is 2.64. The molecule has 1 aliphatic rings. The standard InChI is InChI=1S/C17H22N2/c1-19-12-5-8-15(11-13-19)18-17-10-4-7-14-6-2-3-9-16(14)17/h2-4,6-7,9-10,15,18H,5,8,11-13H2,1H3. The first-order valence-corrected chi connectivity index (χ1v) is 7.26. The van der Waals surface area contributed by atoms with E-state index >= 15 is 0 Å². The third kappa shape index (κ3) is 2.90. The summed E-state index contributed by atoms with van der Waals surface area (Å²) >= 11 is 0. The zero-order valence-corrected chi connectivity index (χ0v) is 11.6. The Balaban J connectivity index is 1.81. The highest BCUT2D eigenvalue weighted by Gasteiger charge is 2.15. The summed E-state index contributed by atoms with van der Waals surface area (Å²) < 4.78 is 0. The maximum Gasteiger partial charge on any atom is 0.0422 e. The lowest BCUT2D eigenvalue weighted by atomic mass is 10.1. The minimum atomic E-state index is 0.607. The summed E-state index contributed by atoms with van der Waals surface area (Å²) in [6.45, 7) is 2.43. The Bertz CT molecular complexity index is 544. The number of rotatable bonds is 2. The number of nitrogens with zero attached hydrogens (tertiary/aromatic N) is 1. The minimum absolute atomic E-state index is 0.607. The van der Waals surface area contributed by atoms with Crippen LogP contribution >= 0.6 is 0 Å². The molecule has 0 saturated carbocycles. The van der Waals surface area contributed by atoms with Crippen LogP contribution in [-0.4, -0.2) is 31.1 Å². The number of hydrogen-bond donors (Lipinski definition) is 1. The SMILES string of the molecule is CN1CCCC(Nc2cccc3ccccc23)CC1. The van der Waals surface area contributed by atoms with Crippen molar-refractivity contribution in [3.05, 3.63) is 42.5 Å². The van der Waals surface area contributed by atoms with Gasteiger partial charge in [0.25, 0.3) is 0 Å². The van der Waals surface area contributed by atoms with E-state index in [-0.39, 0.29) is 0 Å². The molecule has 1 saturated heterocycles. The largest absolute Gasteiger partial charge is 0.382 e. The van der Waals surface area contributed by atoms with Crippen LogP contribution in [0.4, 0.5) is 5.69 Å². The Labute approximate surface area is 115 Å². The zero-order chi connectivity index (χ0) is 13.1. The van der Waals surface area contributed by atoms with Crippen LogP contribution < -0.4 is 5.32 Å². The van der Waals surface area contributed by atoms with Gasteiger partial charge >= 0.3 is 0 Å². The molecule has 2 nitrogen and oxygen atoms in total. The van der Waals surface area contributed by atoms with Crippen LogP contribution in [0, 0.1) is 0 Å². The molecule has 3 rings (SSSR count). The van der Waals surface area contributed by atoms with Gasteiger partial charge in [-0.3, -0.25) is 0 Å². The fourth-order valence-electron chi connectivity index (χ4n) is 2.96. The van der Waals surface area contributed by atoms with Crippen molar-refractivity contribution >= 4 is 16.5 Å². The van der Waals surface area contributed by atoms with Gasteiger partial charge in [0.05, 0.1) is 0 Å². The van der Waals surface area contributed by atoms with Crippen molar-refractivity contribution in [2.24, 2.45) is 0 Å². The first kappa shape index (κ1) is 12.5. The van der Waals surface area contributed by atoms with Gasteiger partial charge in [0, 0.05) is 17.1 Å². The molecular formula is C17H22N2. The van der Waals surface area contributed by atoms with Crippen molar-refractivity contribution in [1.82, 2.24) is 4.90 Å². The van der Waals surface area contributed by atoms with Gasteiger partial charge in [-0.05, 0) is 50.9 Å². The first-order chi connectivity index (χ1) is 9.33. The van der Waals surface area contributed by atoms with Crippen LogP contribution in [0.25, 0.3) is 10.8 Å². The molecule has 1 aliphatic heterocycles. The zero-order valence-electron chi connectivity index (χ0n) is 11.6. The van der Waals surface area contributed by atoms with Gasteiger partial charge < -0.3 is 10.2 Å². The smallest absolute Gasteiger partial charge is 0.0422 e. The predicted molar refractivity (Wildman–Crippen MR) is 82.7 cm³/mol. The Morgan fingerprint density at radius 1 is 1.00 bits per heavy atom. The molecular weight excluding hydrogens is 232 g/mol. The molecule has 1 fully saturated rings. The van der Waals surface area contributed by atoms with Gasteiger partial charge in [-0.15, -0.1) is 0 Å². The van der Waals surface area contributed by atoms with Gasteiger partial charge in [0.15, 0.2) is 0 Å². The molecule has 19 heavy (non-hydrogen) atoms. The molecule has 0 aliphatic carbocycles. The van der Waals surface area contributed by atoms with Crippen molar-refractivity contribution in [2.45, 2.75) is 25.3 Å².